The Hall–Kier alpha value is -1.55. The zero-order chi connectivity index (χ0) is 17.8. The quantitative estimate of drug-likeness (QED) is 0.811. The van der Waals surface area contributed by atoms with E-state index in [0.717, 1.165) is 38.3 Å². The van der Waals surface area contributed by atoms with Gasteiger partial charge in [-0.3, -0.25) is 5.01 Å². The summed E-state index contributed by atoms with van der Waals surface area (Å²) in [6.07, 6.45) is 1.86. The van der Waals surface area contributed by atoms with Gasteiger partial charge in [0.05, 0.1) is 42.4 Å². The van der Waals surface area contributed by atoms with Crippen LogP contribution in [-0.4, -0.2) is 37.4 Å². The van der Waals surface area contributed by atoms with Gasteiger partial charge in [-0.15, -0.1) is 0 Å². The lowest BCUT2D eigenvalue weighted by atomic mass is 10.1. The lowest BCUT2D eigenvalue weighted by Crippen LogP contribution is -3.13. The Morgan fingerprint density at radius 2 is 1.80 bits per heavy atom. The van der Waals surface area contributed by atoms with Crippen LogP contribution in [0.15, 0.2) is 41.5 Å². The number of halogens is 2. The molecular weight excluding hydrogens is 353 g/mol. The molecule has 1 fully saturated rings. The molecule has 0 radical (unpaired) electrons. The van der Waals surface area contributed by atoms with Gasteiger partial charge in [-0.05, 0) is 37.1 Å². The lowest BCUT2D eigenvalue weighted by molar-refractivity contribution is -0.918. The molecule has 1 saturated heterocycles. The van der Waals surface area contributed by atoms with E-state index < -0.39 is 0 Å². The minimum absolute atomic E-state index is 0.563. The van der Waals surface area contributed by atoms with Crippen molar-refractivity contribution < 1.29 is 4.90 Å². The third-order valence-corrected chi connectivity index (χ3v) is 5.44. The van der Waals surface area contributed by atoms with Crippen molar-refractivity contribution in [2.45, 2.75) is 20.4 Å². The second-order valence-corrected chi connectivity index (χ2v) is 7.54. The van der Waals surface area contributed by atoms with Gasteiger partial charge >= 0.3 is 0 Å². The van der Waals surface area contributed by atoms with Crippen LogP contribution in [-0.2, 0) is 6.54 Å². The number of piperazine rings is 1. The molecule has 1 heterocycles. The molecule has 0 spiro atoms. The summed E-state index contributed by atoms with van der Waals surface area (Å²) < 4.78 is 0. The number of hydrogen-bond donors (Lipinski definition) is 1. The van der Waals surface area contributed by atoms with Crippen molar-refractivity contribution in [3.63, 3.8) is 0 Å². The van der Waals surface area contributed by atoms with Crippen molar-refractivity contribution in [1.82, 2.24) is 5.01 Å². The van der Waals surface area contributed by atoms with Gasteiger partial charge in [0.15, 0.2) is 0 Å². The fourth-order valence-corrected chi connectivity index (χ4v) is 3.46. The molecule has 0 saturated carbocycles. The molecule has 25 heavy (non-hydrogen) atoms. The highest BCUT2D eigenvalue weighted by Gasteiger charge is 2.19. The fraction of sp³-hybridized carbons (Fsp3) is 0.350. The highest BCUT2D eigenvalue weighted by Crippen LogP contribution is 2.21. The Morgan fingerprint density at radius 3 is 2.48 bits per heavy atom. The molecule has 0 bridgehead atoms. The molecule has 0 unspecified atom stereocenters. The van der Waals surface area contributed by atoms with Crippen molar-refractivity contribution in [2.75, 3.05) is 26.2 Å². The third kappa shape index (κ3) is 4.97. The molecule has 0 amide bonds. The van der Waals surface area contributed by atoms with Gasteiger partial charge in [-0.25, -0.2) is 0 Å². The van der Waals surface area contributed by atoms with Gasteiger partial charge in [-0.2, -0.15) is 5.10 Å². The Labute approximate surface area is 159 Å². The molecule has 2 aromatic carbocycles. The maximum atomic E-state index is 6.04. The van der Waals surface area contributed by atoms with Gasteiger partial charge in [0.2, 0.25) is 0 Å². The Morgan fingerprint density at radius 1 is 1.04 bits per heavy atom. The Kier molecular flexibility index (Phi) is 6.00. The highest BCUT2D eigenvalue weighted by molar-refractivity contribution is 6.42. The molecule has 1 aliphatic heterocycles. The molecule has 3 rings (SSSR count). The van der Waals surface area contributed by atoms with E-state index in [2.05, 4.69) is 42.2 Å². The average Bonchev–Trinajstić information content (AvgIpc) is 2.60. The van der Waals surface area contributed by atoms with Crippen molar-refractivity contribution in [3.05, 3.63) is 68.7 Å². The van der Waals surface area contributed by atoms with Crippen LogP contribution in [0.3, 0.4) is 0 Å². The first-order valence-corrected chi connectivity index (χ1v) is 9.40. The predicted octanol–water partition coefficient (Wildman–Crippen LogP) is 3.34. The number of benzene rings is 2. The number of quaternary nitrogens is 1. The normalized spacial score (nSPS) is 15.9. The summed E-state index contributed by atoms with van der Waals surface area (Å²) in [4.78, 5) is 1.62. The largest absolute Gasteiger partial charge is 0.328 e. The van der Waals surface area contributed by atoms with Crippen LogP contribution in [0.2, 0.25) is 10.0 Å². The summed E-state index contributed by atoms with van der Waals surface area (Å²) in [5, 5.41) is 7.86. The van der Waals surface area contributed by atoms with Gasteiger partial charge in [0.1, 0.15) is 6.54 Å². The summed E-state index contributed by atoms with van der Waals surface area (Å²) in [7, 11) is 0. The average molecular weight is 377 g/mol. The van der Waals surface area contributed by atoms with Gasteiger partial charge < -0.3 is 4.90 Å². The summed E-state index contributed by atoms with van der Waals surface area (Å²) in [5.74, 6) is 0. The maximum absolute atomic E-state index is 6.04. The molecule has 0 aliphatic carbocycles. The number of rotatable bonds is 4. The summed E-state index contributed by atoms with van der Waals surface area (Å²) in [5.41, 5.74) is 5.15. The van der Waals surface area contributed by atoms with E-state index in [-0.39, 0.29) is 0 Å². The summed E-state index contributed by atoms with van der Waals surface area (Å²) in [6, 6.07) is 12.3. The molecule has 5 heteroatoms. The van der Waals surface area contributed by atoms with Crippen LogP contribution in [0.1, 0.15) is 22.3 Å². The Balaban J connectivity index is 1.53. The van der Waals surface area contributed by atoms with E-state index in [1.807, 2.05) is 18.3 Å². The predicted molar refractivity (Wildman–Crippen MR) is 106 cm³/mol. The first-order chi connectivity index (χ1) is 12.0. The van der Waals surface area contributed by atoms with E-state index in [0.29, 0.717) is 10.0 Å². The van der Waals surface area contributed by atoms with E-state index in [4.69, 9.17) is 23.2 Å². The highest BCUT2D eigenvalue weighted by atomic mass is 35.5. The number of aryl methyl sites for hydroxylation is 2. The standard InChI is InChI=1S/C20H23Cl2N3/c1-15-3-5-18(16(2)11-15)14-24-7-9-25(10-8-24)23-13-17-4-6-19(21)20(22)12-17/h3-6,11-13H,7-10,14H2,1-2H3/p+1/b23-13-. The maximum Gasteiger partial charge on any atom is 0.103 e. The topological polar surface area (TPSA) is 20.0 Å². The second-order valence-electron chi connectivity index (χ2n) is 6.73. The molecule has 0 atom stereocenters. The molecule has 0 aromatic heterocycles. The van der Waals surface area contributed by atoms with Gasteiger partial charge in [0.25, 0.3) is 0 Å². The molecule has 1 N–H and O–H groups in total. The van der Waals surface area contributed by atoms with Crippen LogP contribution in [0.5, 0.6) is 0 Å². The van der Waals surface area contributed by atoms with Crippen LogP contribution in [0.4, 0.5) is 0 Å². The minimum Gasteiger partial charge on any atom is -0.328 e. The van der Waals surface area contributed by atoms with E-state index >= 15 is 0 Å². The van der Waals surface area contributed by atoms with E-state index in [9.17, 15) is 0 Å². The van der Waals surface area contributed by atoms with Gasteiger partial charge in [0, 0.05) is 5.56 Å². The number of hydrogen-bond acceptors (Lipinski definition) is 2. The van der Waals surface area contributed by atoms with Crippen LogP contribution in [0.25, 0.3) is 0 Å². The monoisotopic (exact) mass is 376 g/mol. The number of nitrogens with one attached hydrogen (secondary N) is 1. The second kappa shape index (κ2) is 8.22. The fourth-order valence-electron chi connectivity index (χ4n) is 3.16. The van der Waals surface area contributed by atoms with Crippen LogP contribution >= 0.6 is 23.2 Å². The first-order valence-electron chi connectivity index (χ1n) is 8.65. The smallest absolute Gasteiger partial charge is 0.103 e. The molecule has 1 aliphatic rings. The SMILES string of the molecule is Cc1ccc(C[NH+]2CCN(/N=C\c3ccc(Cl)c(Cl)c3)CC2)c(C)c1. The molecule has 3 nitrogen and oxygen atoms in total. The van der Waals surface area contributed by atoms with E-state index in [1.165, 1.54) is 16.7 Å². The summed E-state index contributed by atoms with van der Waals surface area (Å²) in [6.45, 7) is 9.60. The zero-order valence-corrected chi connectivity index (χ0v) is 16.2. The third-order valence-electron chi connectivity index (χ3n) is 4.70. The number of hydrazone groups is 1. The van der Waals surface area contributed by atoms with Crippen molar-refractivity contribution in [1.29, 1.82) is 0 Å². The minimum atomic E-state index is 0.563. The number of nitrogens with zero attached hydrogens (tertiary/aromatic N) is 2. The molecule has 2 aromatic rings. The summed E-state index contributed by atoms with van der Waals surface area (Å²) >= 11 is 12.0. The first kappa shape index (κ1) is 18.2. The zero-order valence-electron chi connectivity index (χ0n) is 14.7. The Bertz CT molecular complexity index is 766. The van der Waals surface area contributed by atoms with Crippen molar-refractivity contribution >= 4 is 29.4 Å². The van der Waals surface area contributed by atoms with E-state index in [1.54, 1.807) is 11.0 Å². The molecular formula is C20H24Cl2N3+. The van der Waals surface area contributed by atoms with Crippen LogP contribution in [0, 0.1) is 13.8 Å². The lowest BCUT2D eigenvalue weighted by Gasteiger charge is -2.30. The van der Waals surface area contributed by atoms with Gasteiger partial charge in [-0.1, -0.05) is 53.0 Å². The van der Waals surface area contributed by atoms with Crippen molar-refractivity contribution in [3.8, 4) is 0 Å². The molecule has 132 valence electrons. The van der Waals surface area contributed by atoms with Crippen molar-refractivity contribution in [2.24, 2.45) is 5.10 Å². The van der Waals surface area contributed by atoms with Crippen LogP contribution < -0.4 is 4.90 Å².